The van der Waals surface area contributed by atoms with E-state index >= 15 is 0 Å². The molecule has 0 bridgehead atoms. The zero-order valence-electron chi connectivity index (χ0n) is 23.0. The van der Waals surface area contributed by atoms with Crippen molar-refractivity contribution in [3.05, 3.63) is 89.5 Å². The predicted octanol–water partition coefficient (Wildman–Crippen LogP) is 5.45. The van der Waals surface area contributed by atoms with E-state index in [2.05, 4.69) is 28.1 Å². The van der Waals surface area contributed by atoms with Crippen molar-refractivity contribution >= 4 is 17.5 Å². The highest BCUT2D eigenvalue weighted by Crippen LogP contribution is 2.39. The van der Waals surface area contributed by atoms with Crippen molar-refractivity contribution in [3.63, 3.8) is 0 Å². The van der Waals surface area contributed by atoms with Crippen molar-refractivity contribution in [2.24, 2.45) is 0 Å². The Hall–Kier alpha value is -3.62. The molecule has 0 aliphatic heterocycles. The zero-order chi connectivity index (χ0) is 28.7. The van der Waals surface area contributed by atoms with Crippen molar-refractivity contribution in [2.75, 3.05) is 11.9 Å². The lowest BCUT2D eigenvalue weighted by Gasteiger charge is -2.40. The number of aliphatic hydroxyl groups is 1. The maximum atomic E-state index is 13.8. The summed E-state index contributed by atoms with van der Waals surface area (Å²) in [5, 5.41) is 20.4. The third kappa shape index (κ3) is 7.73. The molecule has 2 amide bonds. The molecule has 40 heavy (non-hydrogen) atoms. The second-order valence-electron chi connectivity index (χ2n) is 10.7. The van der Waals surface area contributed by atoms with Gasteiger partial charge in [-0.25, -0.2) is 8.78 Å². The van der Waals surface area contributed by atoms with Gasteiger partial charge in [0.1, 0.15) is 11.6 Å². The van der Waals surface area contributed by atoms with Gasteiger partial charge in [0.25, 0.3) is 0 Å². The fourth-order valence-electron chi connectivity index (χ4n) is 5.67. The first-order valence-corrected chi connectivity index (χ1v) is 13.8. The highest BCUT2D eigenvalue weighted by molar-refractivity contribution is 5.89. The molecule has 0 unspecified atom stereocenters. The predicted molar refractivity (Wildman–Crippen MR) is 153 cm³/mol. The Balaban J connectivity index is 1.56. The number of hydrogen-bond acceptors (Lipinski definition) is 4. The zero-order valence-corrected chi connectivity index (χ0v) is 23.0. The molecule has 3 aromatic carbocycles. The molecular formula is C32H37F2N3O3. The Morgan fingerprint density at radius 1 is 0.875 bits per heavy atom. The van der Waals surface area contributed by atoms with Gasteiger partial charge < -0.3 is 21.1 Å². The van der Waals surface area contributed by atoms with E-state index < -0.39 is 23.8 Å². The molecule has 1 fully saturated rings. The van der Waals surface area contributed by atoms with Gasteiger partial charge in [-0.1, -0.05) is 49.6 Å². The minimum Gasteiger partial charge on any atom is -0.390 e. The minimum absolute atomic E-state index is 0.0875. The highest BCUT2D eigenvalue weighted by atomic mass is 19.1. The number of benzene rings is 3. The van der Waals surface area contributed by atoms with E-state index in [1.54, 1.807) is 0 Å². The summed E-state index contributed by atoms with van der Waals surface area (Å²) in [6.45, 7) is 3.02. The molecule has 1 aliphatic carbocycles. The van der Waals surface area contributed by atoms with E-state index in [1.807, 2.05) is 36.4 Å². The van der Waals surface area contributed by atoms with Crippen LogP contribution in [0.5, 0.6) is 0 Å². The number of hydrogen-bond donors (Lipinski definition) is 4. The second-order valence-corrected chi connectivity index (χ2v) is 10.7. The van der Waals surface area contributed by atoms with Gasteiger partial charge in [0.05, 0.1) is 12.1 Å². The number of amides is 2. The van der Waals surface area contributed by atoms with Crippen LogP contribution in [0, 0.1) is 11.6 Å². The van der Waals surface area contributed by atoms with E-state index in [9.17, 15) is 23.5 Å². The average Bonchev–Trinajstić information content (AvgIpc) is 2.91. The number of aliphatic hydroxyl groups excluding tert-OH is 1. The van der Waals surface area contributed by atoms with Crippen molar-refractivity contribution in [1.82, 2.24) is 10.6 Å². The summed E-state index contributed by atoms with van der Waals surface area (Å²) in [7, 11) is 0. The van der Waals surface area contributed by atoms with Crippen LogP contribution in [-0.4, -0.2) is 35.6 Å². The van der Waals surface area contributed by atoms with Gasteiger partial charge in [-0.15, -0.1) is 0 Å². The average molecular weight is 550 g/mol. The van der Waals surface area contributed by atoms with Gasteiger partial charge in [-0.3, -0.25) is 9.59 Å². The van der Waals surface area contributed by atoms with Crippen LogP contribution in [0.25, 0.3) is 11.1 Å². The minimum atomic E-state index is -0.994. The topological polar surface area (TPSA) is 90.5 Å². The van der Waals surface area contributed by atoms with Crippen LogP contribution < -0.4 is 16.0 Å². The first kappa shape index (κ1) is 29.4. The summed E-state index contributed by atoms with van der Waals surface area (Å²) in [6.07, 6.45) is 4.05. The molecule has 0 saturated heterocycles. The van der Waals surface area contributed by atoms with E-state index in [0.717, 1.165) is 60.5 Å². The molecule has 3 aromatic rings. The fourth-order valence-corrected chi connectivity index (χ4v) is 5.67. The molecule has 2 atom stereocenters. The summed E-state index contributed by atoms with van der Waals surface area (Å²) in [5.41, 5.74) is 3.80. The molecule has 212 valence electrons. The molecule has 0 heterocycles. The molecule has 4 N–H and O–H groups in total. The third-order valence-electron chi connectivity index (χ3n) is 7.52. The van der Waals surface area contributed by atoms with Gasteiger partial charge in [0.15, 0.2) is 0 Å². The van der Waals surface area contributed by atoms with Crippen LogP contribution in [0.15, 0.2) is 66.7 Å². The quantitative estimate of drug-likeness (QED) is 0.271. The monoisotopic (exact) mass is 549 g/mol. The van der Waals surface area contributed by atoms with Gasteiger partial charge >= 0.3 is 0 Å². The lowest BCUT2D eigenvalue weighted by Crippen LogP contribution is -2.53. The van der Waals surface area contributed by atoms with Crippen LogP contribution in [0.4, 0.5) is 14.5 Å². The van der Waals surface area contributed by atoms with Crippen LogP contribution in [-0.2, 0) is 21.5 Å². The van der Waals surface area contributed by atoms with E-state index in [-0.39, 0.29) is 30.3 Å². The largest absolute Gasteiger partial charge is 0.390 e. The number of anilines is 1. The number of carbonyl (C=O) groups is 2. The standard InChI is InChI=1S/C32H37F2N3O3/c1-21(38)36-29-11-7-9-25(18-29)24-8-6-10-26(17-24)32(12-4-3-5-13-32)35-20-31(40)30(37-22(2)39)16-23-14-27(33)19-28(34)15-23/h6-11,14-15,17-19,30-31,35,40H,3-5,12-13,16,20H2,1-2H3,(H,36,38)(H,37,39)/t30-,31+/m0/s1. The Morgan fingerprint density at radius 3 is 2.17 bits per heavy atom. The smallest absolute Gasteiger partial charge is 0.221 e. The summed E-state index contributed by atoms with van der Waals surface area (Å²) in [6, 6.07) is 18.5. The molecule has 0 aromatic heterocycles. The van der Waals surface area contributed by atoms with Crippen molar-refractivity contribution < 1.29 is 23.5 Å². The maximum absolute atomic E-state index is 13.8. The molecule has 0 radical (unpaired) electrons. The van der Waals surface area contributed by atoms with E-state index in [0.29, 0.717) is 5.56 Å². The summed E-state index contributed by atoms with van der Waals surface area (Å²) in [4.78, 5) is 23.4. The second kappa shape index (κ2) is 13.2. The summed E-state index contributed by atoms with van der Waals surface area (Å²) in [5.74, 6) is -1.86. The lowest BCUT2D eigenvalue weighted by atomic mass is 9.75. The molecule has 6 nitrogen and oxygen atoms in total. The van der Waals surface area contributed by atoms with Crippen LogP contribution in [0.2, 0.25) is 0 Å². The number of carbonyl (C=O) groups excluding carboxylic acids is 2. The fraction of sp³-hybridized carbons (Fsp3) is 0.375. The van der Waals surface area contributed by atoms with E-state index in [4.69, 9.17) is 0 Å². The highest BCUT2D eigenvalue weighted by Gasteiger charge is 2.35. The van der Waals surface area contributed by atoms with Crippen molar-refractivity contribution in [2.45, 2.75) is 70.1 Å². The Morgan fingerprint density at radius 2 is 1.52 bits per heavy atom. The number of rotatable bonds is 10. The van der Waals surface area contributed by atoms with Crippen molar-refractivity contribution in [1.29, 1.82) is 0 Å². The summed E-state index contributed by atoms with van der Waals surface area (Å²) < 4.78 is 27.6. The van der Waals surface area contributed by atoms with Gasteiger partial charge in [0, 0.05) is 37.7 Å². The van der Waals surface area contributed by atoms with Crippen LogP contribution in [0.3, 0.4) is 0 Å². The maximum Gasteiger partial charge on any atom is 0.221 e. The molecule has 8 heteroatoms. The Bertz CT molecular complexity index is 1320. The van der Waals surface area contributed by atoms with Gasteiger partial charge in [-0.2, -0.15) is 0 Å². The summed E-state index contributed by atoms with van der Waals surface area (Å²) >= 11 is 0. The number of halogens is 2. The Kier molecular flexibility index (Phi) is 9.66. The van der Waals surface area contributed by atoms with Gasteiger partial charge in [-0.05, 0) is 71.8 Å². The molecule has 0 spiro atoms. The first-order valence-electron chi connectivity index (χ1n) is 13.8. The first-order chi connectivity index (χ1) is 19.1. The van der Waals surface area contributed by atoms with Crippen molar-refractivity contribution in [3.8, 4) is 11.1 Å². The SMILES string of the molecule is CC(=O)Nc1cccc(-c2cccc(C3(NC[C@@H](O)[C@H](Cc4cc(F)cc(F)c4)NC(C)=O)CCCCC3)c2)c1. The Labute approximate surface area is 234 Å². The molecular weight excluding hydrogens is 512 g/mol. The van der Waals surface area contributed by atoms with Crippen LogP contribution in [0.1, 0.15) is 57.1 Å². The molecule has 1 saturated carbocycles. The normalized spacial score (nSPS) is 16.1. The third-order valence-corrected chi connectivity index (χ3v) is 7.52. The van der Waals surface area contributed by atoms with Crippen LogP contribution >= 0.6 is 0 Å². The van der Waals surface area contributed by atoms with E-state index in [1.165, 1.54) is 26.0 Å². The molecule has 4 rings (SSSR count). The van der Waals surface area contributed by atoms with Gasteiger partial charge in [0.2, 0.25) is 11.8 Å². The number of nitrogens with one attached hydrogen (secondary N) is 3. The lowest BCUT2D eigenvalue weighted by molar-refractivity contribution is -0.120. The molecule has 1 aliphatic rings.